The summed E-state index contributed by atoms with van der Waals surface area (Å²) in [5.41, 5.74) is 0.705. The average Bonchev–Trinajstić information content (AvgIpc) is 3.34. The summed E-state index contributed by atoms with van der Waals surface area (Å²) in [6.07, 6.45) is 4.03. The fourth-order valence-electron chi connectivity index (χ4n) is 5.92. The number of rotatable bonds is 5. The number of amides is 1. The SMILES string of the molecule is O=C(NC1CCCC1)[C@H]1[C@H](CO)[C@H]2Cn3c(cccc3=O)[C@@H]1N2Cc1cc(F)ccc1F. The molecule has 0 spiro atoms. The lowest BCUT2D eigenvalue weighted by molar-refractivity contribution is -0.128. The van der Waals surface area contributed by atoms with Crippen molar-refractivity contribution in [2.24, 2.45) is 11.8 Å². The molecule has 3 aliphatic rings. The van der Waals surface area contributed by atoms with E-state index in [4.69, 9.17) is 0 Å². The van der Waals surface area contributed by atoms with Crippen molar-refractivity contribution in [3.8, 4) is 0 Å². The smallest absolute Gasteiger partial charge is 0.250 e. The molecule has 2 fully saturated rings. The van der Waals surface area contributed by atoms with Gasteiger partial charge in [0, 0.05) is 55.0 Å². The molecule has 1 aliphatic carbocycles. The van der Waals surface area contributed by atoms with Crippen LogP contribution < -0.4 is 10.9 Å². The van der Waals surface area contributed by atoms with Gasteiger partial charge in [-0.15, -0.1) is 0 Å². The average molecular weight is 443 g/mol. The van der Waals surface area contributed by atoms with Crippen LogP contribution in [0.1, 0.15) is 43.0 Å². The maximum atomic E-state index is 14.5. The topological polar surface area (TPSA) is 74.6 Å². The van der Waals surface area contributed by atoms with Crippen molar-refractivity contribution < 1.29 is 18.7 Å². The maximum absolute atomic E-state index is 14.5. The van der Waals surface area contributed by atoms with Gasteiger partial charge in [-0.3, -0.25) is 14.5 Å². The highest BCUT2D eigenvalue weighted by molar-refractivity contribution is 5.81. The highest BCUT2D eigenvalue weighted by Gasteiger charge is 2.55. The van der Waals surface area contributed by atoms with Gasteiger partial charge in [0.15, 0.2) is 0 Å². The van der Waals surface area contributed by atoms with Gasteiger partial charge in [0.25, 0.3) is 5.56 Å². The van der Waals surface area contributed by atoms with Gasteiger partial charge < -0.3 is 15.0 Å². The molecular weight excluding hydrogens is 416 g/mol. The molecule has 2 N–H and O–H groups in total. The summed E-state index contributed by atoms with van der Waals surface area (Å²) < 4.78 is 30.0. The van der Waals surface area contributed by atoms with E-state index in [1.54, 1.807) is 10.6 Å². The molecule has 8 heteroatoms. The van der Waals surface area contributed by atoms with E-state index in [2.05, 4.69) is 5.32 Å². The van der Waals surface area contributed by atoms with E-state index in [0.717, 1.165) is 37.8 Å². The van der Waals surface area contributed by atoms with Crippen molar-refractivity contribution in [3.05, 3.63) is 69.6 Å². The summed E-state index contributed by atoms with van der Waals surface area (Å²) in [6.45, 7) is 0.154. The molecule has 170 valence electrons. The van der Waals surface area contributed by atoms with E-state index in [-0.39, 0.29) is 42.3 Å². The first-order valence-corrected chi connectivity index (χ1v) is 11.3. The van der Waals surface area contributed by atoms with Crippen LogP contribution in [0.25, 0.3) is 0 Å². The summed E-state index contributed by atoms with van der Waals surface area (Å²) >= 11 is 0. The second-order valence-electron chi connectivity index (χ2n) is 9.18. The van der Waals surface area contributed by atoms with Gasteiger partial charge in [0.1, 0.15) is 11.6 Å². The van der Waals surface area contributed by atoms with Crippen molar-refractivity contribution in [1.82, 2.24) is 14.8 Å². The minimum Gasteiger partial charge on any atom is -0.396 e. The van der Waals surface area contributed by atoms with E-state index in [1.165, 1.54) is 12.1 Å². The second-order valence-corrected chi connectivity index (χ2v) is 9.18. The number of carbonyl (C=O) groups is 1. The molecule has 0 radical (unpaired) electrons. The lowest BCUT2D eigenvalue weighted by atomic mass is 9.86. The third-order valence-corrected chi connectivity index (χ3v) is 7.41. The number of nitrogens with one attached hydrogen (secondary N) is 1. The zero-order valence-electron chi connectivity index (χ0n) is 17.7. The molecular formula is C24H27F2N3O3. The highest BCUT2D eigenvalue weighted by atomic mass is 19.1. The number of pyridine rings is 1. The number of halogens is 2. The number of benzene rings is 1. The summed E-state index contributed by atoms with van der Waals surface area (Å²) in [5.74, 6) is -2.20. The summed E-state index contributed by atoms with van der Waals surface area (Å²) in [5, 5.41) is 13.4. The molecule has 1 amide bonds. The Hall–Kier alpha value is -2.58. The zero-order chi connectivity index (χ0) is 22.4. The Balaban J connectivity index is 1.56. The molecule has 1 aromatic carbocycles. The van der Waals surface area contributed by atoms with Crippen LogP contribution in [0.3, 0.4) is 0 Å². The van der Waals surface area contributed by atoms with Gasteiger partial charge in [-0.25, -0.2) is 8.78 Å². The Morgan fingerprint density at radius 1 is 1.16 bits per heavy atom. The number of carbonyl (C=O) groups excluding carboxylic acids is 1. The fourth-order valence-corrected chi connectivity index (χ4v) is 5.92. The van der Waals surface area contributed by atoms with Crippen molar-refractivity contribution in [2.45, 2.75) is 56.9 Å². The first kappa shape index (κ1) is 21.3. The number of aliphatic hydroxyl groups excluding tert-OH is 1. The predicted octanol–water partition coefficient (Wildman–Crippen LogP) is 2.35. The summed E-state index contributed by atoms with van der Waals surface area (Å²) in [7, 11) is 0. The standard InChI is InChI=1S/C24H27F2N3O3/c25-15-8-9-18(26)14(10-15)11-29-20-12-28-19(6-3-7-21(28)31)23(29)22(17(20)13-30)24(32)27-16-4-1-2-5-16/h3,6-10,16-17,20,22-23,30H,1-2,4-5,11-13H2,(H,27,32)/t17-,20-,22+,23+/m1/s1. The number of hydrogen-bond donors (Lipinski definition) is 2. The third kappa shape index (κ3) is 3.55. The van der Waals surface area contributed by atoms with E-state index in [0.29, 0.717) is 12.2 Å². The number of aromatic nitrogens is 1. The first-order chi connectivity index (χ1) is 15.5. The van der Waals surface area contributed by atoms with E-state index in [1.807, 2.05) is 11.0 Å². The van der Waals surface area contributed by atoms with Gasteiger partial charge in [-0.2, -0.15) is 0 Å². The lowest BCUT2D eigenvalue weighted by Crippen LogP contribution is -2.46. The van der Waals surface area contributed by atoms with Crippen LogP contribution in [0.5, 0.6) is 0 Å². The van der Waals surface area contributed by atoms with Gasteiger partial charge >= 0.3 is 0 Å². The largest absolute Gasteiger partial charge is 0.396 e. The van der Waals surface area contributed by atoms with Crippen molar-refractivity contribution in [1.29, 1.82) is 0 Å². The van der Waals surface area contributed by atoms with Crippen molar-refractivity contribution >= 4 is 5.91 Å². The number of fused-ring (bicyclic) bond motifs is 4. The third-order valence-electron chi connectivity index (χ3n) is 7.41. The Morgan fingerprint density at radius 3 is 2.69 bits per heavy atom. The number of hydrogen-bond acceptors (Lipinski definition) is 4. The minimum absolute atomic E-state index is 0.0890. The van der Waals surface area contributed by atoms with E-state index >= 15 is 0 Å². The minimum atomic E-state index is -0.585. The summed E-state index contributed by atoms with van der Waals surface area (Å²) in [6, 6.07) is 7.56. The number of nitrogens with zero attached hydrogens (tertiary/aromatic N) is 2. The Morgan fingerprint density at radius 2 is 1.94 bits per heavy atom. The van der Waals surface area contributed by atoms with Crippen LogP contribution in [-0.4, -0.2) is 39.2 Å². The van der Waals surface area contributed by atoms with Crippen molar-refractivity contribution in [3.63, 3.8) is 0 Å². The van der Waals surface area contributed by atoms with Crippen LogP contribution in [0.2, 0.25) is 0 Å². The van der Waals surface area contributed by atoms with Gasteiger partial charge in [0.05, 0.1) is 12.0 Å². The van der Waals surface area contributed by atoms with Crippen LogP contribution in [0.15, 0.2) is 41.2 Å². The molecule has 0 unspecified atom stereocenters. The molecule has 4 atom stereocenters. The molecule has 32 heavy (non-hydrogen) atoms. The normalized spacial score (nSPS) is 27.5. The highest BCUT2D eigenvalue weighted by Crippen LogP contribution is 2.49. The molecule has 2 aromatic rings. The molecule has 2 aliphatic heterocycles. The molecule has 1 aromatic heterocycles. The summed E-state index contributed by atoms with van der Waals surface area (Å²) in [4.78, 5) is 28.0. The van der Waals surface area contributed by atoms with Crippen molar-refractivity contribution in [2.75, 3.05) is 6.61 Å². The second kappa shape index (κ2) is 8.41. The van der Waals surface area contributed by atoms with Gasteiger partial charge in [0.2, 0.25) is 5.91 Å². The Bertz CT molecular complexity index is 1080. The van der Waals surface area contributed by atoms with E-state index in [9.17, 15) is 23.5 Å². The van der Waals surface area contributed by atoms with E-state index < -0.39 is 29.5 Å². The Kier molecular flexibility index (Phi) is 5.59. The molecule has 6 nitrogen and oxygen atoms in total. The van der Waals surface area contributed by atoms with Gasteiger partial charge in [-0.05, 0) is 37.1 Å². The van der Waals surface area contributed by atoms with Crippen LogP contribution in [-0.2, 0) is 17.9 Å². The Labute approximate surface area is 184 Å². The quantitative estimate of drug-likeness (QED) is 0.744. The predicted molar refractivity (Wildman–Crippen MR) is 114 cm³/mol. The molecule has 5 rings (SSSR count). The molecule has 2 bridgehead atoms. The van der Waals surface area contributed by atoms with Crippen LogP contribution >= 0.6 is 0 Å². The van der Waals surface area contributed by atoms with Crippen LogP contribution in [0, 0.1) is 23.5 Å². The fraction of sp³-hybridized carbons (Fsp3) is 0.500. The molecule has 1 saturated carbocycles. The maximum Gasteiger partial charge on any atom is 0.250 e. The first-order valence-electron chi connectivity index (χ1n) is 11.3. The number of aliphatic hydroxyl groups is 1. The van der Waals surface area contributed by atoms with Crippen LogP contribution in [0.4, 0.5) is 8.78 Å². The monoisotopic (exact) mass is 443 g/mol. The van der Waals surface area contributed by atoms with Gasteiger partial charge in [-0.1, -0.05) is 18.9 Å². The lowest BCUT2D eigenvalue weighted by Gasteiger charge is -2.38. The zero-order valence-corrected chi connectivity index (χ0v) is 17.7. The molecule has 3 heterocycles. The molecule has 1 saturated heterocycles.